The van der Waals surface area contributed by atoms with Crippen LogP contribution in [0.1, 0.15) is 36.3 Å². The van der Waals surface area contributed by atoms with Crippen LogP contribution in [0.15, 0.2) is 36.5 Å². The molecule has 0 aliphatic carbocycles. The zero-order valence-corrected chi connectivity index (χ0v) is 14.2. The fourth-order valence-electron chi connectivity index (χ4n) is 3.10. The number of nitrogens with one attached hydrogen (secondary N) is 1. The largest absolute Gasteiger partial charge is 0.377 e. The number of nitrogens with zero attached hydrogens (tertiary/aromatic N) is 2. The van der Waals surface area contributed by atoms with Crippen molar-refractivity contribution in [3.05, 3.63) is 53.6 Å². The maximum atomic E-state index is 12.1. The van der Waals surface area contributed by atoms with E-state index in [2.05, 4.69) is 21.1 Å². The molecule has 1 aromatic carbocycles. The molecule has 2 aromatic rings. The molecule has 0 fully saturated rings. The Bertz CT molecular complexity index is 667. The van der Waals surface area contributed by atoms with E-state index in [4.69, 9.17) is 4.74 Å². The van der Waals surface area contributed by atoms with Gasteiger partial charge < -0.3 is 14.6 Å². The second-order valence-electron chi connectivity index (χ2n) is 6.40. The lowest BCUT2D eigenvalue weighted by atomic mass is 10.1. The van der Waals surface area contributed by atoms with Gasteiger partial charge in [-0.15, -0.1) is 0 Å². The van der Waals surface area contributed by atoms with Gasteiger partial charge in [0.2, 0.25) is 5.91 Å². The predicted molar refractivity (Wildman–Crippen MR) is 92.5 cm³/mol. The van der Waals surface area contributed by atoms with Gasteiger partial charge in [-0.1, -0.05) is 30.3 Å². The standard InChI is InChI=1S/C19H25N3O2/c1-15-12-22-13-17(9-10-18(22)20-15)21-19(23)8-5-11-24-14-16-6-3-2-4-7-16/h2-4,6-7,12,17H,5,8-11,13-14H2,1H3,(H,21,23)/t17-/m0/s1. The van der Waals surface area contributed by atoms with Crippen LogP contribution in [0.25, 0.3) is 0 Å². The summed E-state index contributed by atoms with van der Waals surface area (Å²) in [4.78, 5) is 16.6. The number of amides is 1. The lowest BCUT2D eigenvalue weighted by Crippen LogP contribution is -2.40. The van der Waals surface area contributed by atoms with Crippen LogP contribution < -0.4 is 5.32 Å². The summed E-state index contributed by atoms with van der Waals surface area (Å²) in [6, 6.07) is 10.3. The number of benzene rings is 1. The molecule has 24 heavy (non-hydrogen) atoms. The maximum absolute atomic E-state index is 12.1. The molecule has 128 valence electrons. The lowest BCUT2D eigenvalue weighted by Gasteiger charge is -2.24. The fraction of sp³-hybridized carbons (Fsp3) is 0.474. The molecule has 1 aliphatic rings. The second-order valence-corrected chi connectivity index (χ2v) is 6.40. The van der Waals surface area contributed by atoms with Gasteiger partial charge in [0.25, 0.3) is 0 Å². The average Bonchev–Trinajstić information content (AvgIpc) is 2.95. The van der Waals surface area contributed by atoms with E-state index in [1.54, 1.807) is 0 Å². The van der Waals surface area contributed by atoms with Crippen molar-refractivity contribution in [1.82, 2.24) is 14.9 Å². The summed E-state index contributed by atoms with van der Waals surface area (Å²) in [7, 11) is 0. The van der Waals surface area contributed by atoms with Gasteiger partial charge in [-0.2, -0.15) is 0 Å². The Kier molecular flexibility index (Phi) is 5.64. The fourth-order valence-corrected chi connectivity index (χ4v) is 3.10. The number of carbonyl (C=O) groups is 1. The summed E-state index contributed by atoms with van der Waals surface area (Å²) in [5.74, 6) is 1.25. The molecule has 0 bridgehead atoms. The molecular formula is C19H25N3O2. The van der Waals surface area contributed by atoms with Gasteiger partial charge >= 0.3 is 0 Å². The van der Waals surface area contributed by atoms with Gasteiger partial charge in [0.15, 0.2) is 0 Å². The SMILES string of the molecule is Cc1cn2c(n1)CC[C@H](NC(=O)CCCOCc1ccccc1)C2. The highest BCUT2D eigenvalue weighted by atomic mass is 16.5. The Labute approximate surface area is 143 Å². The Morgan fingerprint density at radius 1 is 1.38 bits per heavy atom. The zero-order chi connectivity index (χ0) is 16.8. The molecule has 0 radical (unpaired) electrons. The zero-order valence-electron chi connectivity index (χ0n) is 14.2. The van der Waals surface area contributed by atoms with Crippen LogP contribution in [0.5, 0.6) is 0 Å². The number of imidazole rings is 1. The Morgan fingerprint density at radius 3 is 3.04 bits per heavy atom. The molecule has 0 saturated carbocycles. The van der Waals surface area contributed by atoms with Crippen LogP contribution in [0.3, 0.4) is 0 Å². The molecule has 2 heterocycles. The van der Waals surface area contributed by atoms with Gasteiger partial charge in [-0.3, -0.25) is 4.79 Å². The van der Waals surface area contributed by atoms with E-state index in [0.29, 0.717) is 19.6 Å². The van der Waals surface area contributed by atoms with E-state index in [9.17, 15) is 4.79 Å². The molecule has 0 unspecified atom stereocenters. The Balaban J connectivity index is 1.32. The van der Waals surface area contributed by atoms with Crippen molar-refractivity contribution in [2.45, 2.75) is 51.8 Å². The third-order valence-corrected chi connectivity index (χ3v) is 4.28. The monoisotopic (exact) mass is 327 g/mol. The molecule has 0 saturated heterocycles. The van der Waals surface area contributed by atoms with Crippen molar-refractivity contribution in [3.8, 4) is 0 Å². The van der Waals surface area contributed by atoms with Crippen LogP contribution >= 0.6 is 0 Å². The van der Waals surface area contributed by atoms with Crippen molar-refractivity contribution in [1.29, 1.82) is 0 Å². The number of fused-ring (bicyclic) bond motifs is 1. The van der Waals surface area contributed by atoms with Crippen LogP contribution in [0.2, 0.25) is 0 Å². The molecule has 1 aliphatic heterocycles. The number of carbonyl (C=O) groups excluding carboxylic acids is 1. The third-order valence-electron chi connectivity index (χ3n) is 4.28. The van der Waals surface area contributed by atoms with Gasteiger partial charge in [-0.05, 0) is 25.3 Å². The minimum absolute atomic E-state index is 0.114. The average molecular weight is 327 g/mol. The van der Waals surface area contributed by atoms with Gasteiger partial charge in [0, 0.05) is 38.2 Å². The first-order valence-corrected chi connectivity index (χ1v) is 8.64. The minimum atomic E-state index is 0.114. The summed E-state index contributed by atoms with van der Waals surface area (Å²) >= 11 is 0. The number of hydrogen-bond acceptors (Lipinski definition) is 3. The normalized spacial score (nSPS) is 16.6. The molecule has 0 spiro atoms. The van der Waals surface area contributed by atoms with Crippen LogP contribution in [-0.4, -0.2) is 28.1 Å². The van der Waals surface area contributed by atoms with E-state index in [-0.39, 0.29) is 11.9 Å². The smallest absolute Gasteiger partial charge is 0.220 e. The highest BCUT2D eigenvalue weighted by Gasteiger charge is 2.20. The number of hydrogen-bond donors (Lipinski definition) is 1. The molecule has 1 N–H and O–H groups in total. The van der Waals surface area contributed by atoms with Crippen molar-refractivity contribution in [2.24, 2.45) is 0 Å². The van der Waals surface area contributed by atoms with E-state index in [1.165, 1.54) is 0 Å². The summed E-state index contributed by atoms with van der Waals surface area (Å²) in [6.45, 7) is 4.05. The Morgan fingerprint density at radius 2 is 2.21 bits per heavy atom. The quantitative estimate of drug-likeness (QED) is 0.795. The number of rotatable bonds is 7. The first-order valence-electron chi connectivity index (χ1n) is 8.64. The van der Waals surface area contributed by atoms with Crippen LogP contribution in [-0.2, 0) is 29.1 Å². The number of aryl methyl sites for hydroxylation is 2. The minimum Gasteiger partial charge on any atom is -0.377 e. The summed E-state index contributed by atoms with van der Waals surface area (Å²) < 4.78 is 7.78. The second kappa shape index (κ2) is 8.11. The van der Waals surface area contributed by atoms with Gasteiger partial charge in [-0.25, -0.2) is 4.98 Å². The Hall–Kier alpha value is -2.14. The van der Waals surface area contributed by atoms with Crippen molar-refractivity contribution < 1.29 is 9.53 Å². The molecule has 1 atom stereocenters. The van der Waals surface area contributed by atoms with Gasteiger partial charge in [0.1, 0.15) is 5.82 Å². The molecule has 5 heteroatoms. The van der Waals surface area contributed by atoms with Crippen molar-refractivity contribution >= 4 is 5.91 Å². The van der Waals surface area contributed by atoms with Crippen molar-refractivity contribution in [2.75, 3.05) is 6.61 Å². The molecule has 1 aromatic heterocycles. The predicted octanol–water partition coefficient (Wildman–Crippen LogP) is 2.62. The summed E-state index contributed by atoms with van der Waals surface area (Å²) in [6.07, 6.45) is 5.22. The number of ether oxygens (including phenoxy) is 1. The van der Waals surface area contributed by atoms with E-state index >= 15 is 0 Å². The highest BCUT2D eigenvalue weighted by molar-refractivity contribution is 5.76. The number of aromatic nitrogens is 2. The molecule has 1 amide bonds. The van der Waals surface area contributed by atoms with E-state index in [0.717, 1.165) is 42.9 Å². The first-order chi connectivity index (χ1) is 11.7. The lowest BCUT2D eigenvalue weighted by molar-refractivity contribution is -0.122. The highest BCUT2D eigenvalue weighted by Crippen LogP contribution is 2.15. The van der Waals surface area contributed by atoms with Crippen LogP contribution in [0.4, 0.5) is 0 Å². The third kappa shape index (κ3) is 4.68. The maximum Gasteiger partial charge on any atom is 0.220 e. The molecule has 5 nitrogen and oxygen atoms in total. The van der Waals surface area contributed by atoms with Crippen molar-refractivity contribution in [3.63, 3.8) is 0 Å². The van der Waals surface area contributed by atoms with E-state index in [1.807, 2.05) is 37.3 Å². The topological polar surface area (TPSA) is 56.2 Å². The molecule has 3 rings (SSSR count). The summed E-state index contributed by atoms with van der Waals surface area (Å²) in [5, 5.41) is 3.13. The van der Waals surface area contributed by atoms with E-state index < -0.39 is 0 Å². The first kappa shape index (κ1) is 16.7. The molecular weight excluding hydrogens is 302 g/mol. The van der Waals surface area contributed by atoms with Crippen LogP contribution in [0, 0.1) is 6.92 Å². The summed E-state index contributed by atoms with van der Waals surface area (Å²) in [5.41, 5.74) is 2.21. The van der Waals surface area contributed by atoms with Gasteiger partial charge in [0.05, 0.1) is 12.3 Å².